The maximum Gasteiger partial charge on any atom is 0.179 e. The van der Waals surface area contributed by atoms with Crippen LogP contribution in [0.5, 0.6) is 0 Å². The molecule has 5 nitrogen and oxygen atoms in total. The molecule has 104 valence electrons. The highest BCUT2D eigenvalue weighted by atomic mass is 32.2. The Morgan fingerprint density at radius 3 is 2.42 bits per heavy atom. The highest BCUT2D eigenvalue weighted by molar-refractivity contribution is 7.91. The smallest absolute Gasteiger partial charge is 0.179 e. The predicted molar refractivity (Wildman–Crippen MR) is 74.4 cm³/mol. The second kappa shape index (κ2) is 7.24. The SMILES string of the molecule is CN(CCCN)CCS(=O)(=O)c1ccc(C#N)cc1. The van der Waals surface area contributed by atoms with E-state index in [1.54, 1.807) is 0 Å². The van der Waals surface area contributed by atoms with E-state index in [0.29, 0.717) is 18.7 Å². The molecule has 6 heteroatoms. The third-order valence-corrected chi connectivity index (χ3v) is 4.54. The van der Waals surface area contributed by atoms with Gasteiger partial charge in [0.05, 0.1) is 22.3 Å². The Hall–Kier alpha value is -1.42. The maximum atomic E-state index is 12.1. The molecule has 0 aromatic heterocycles. The fourth-order valence-electron chi connectivity index (χ4n) is 1.60. The molecule has 0 aliphatic rings. The number of nitrogens with two attached hydrogens (primary N) is 1. The number of nitriles is 1. The van der Waals surface area contributed by atoms with Gasteiger partial charge < -0.3 is 10.6 Å². The number of sulfone groups is 1. The summed E-state index contributed by atoms with van der Waals surface area (Å²) in [6.07, 6.45) is 0.855. The monoisotopic (exact) mass is 281 g/mol. The molecule has 0 amide bonds. The first kappa shape index (κ1) is 15.6. The lowest BCUT2D eigenvalue weighted by atomic mass is 10.2. The number of nitrogens with zero attached hydrogens (tertiary/aromatic N) is 2. The van der Waals surface area contributed by atoms with Gasteiger partial charge in [0, 0.05) is 6.54 Å². The molecule has 1 rings (SSSR count). The van der Waals surface area contributed by atoms with Crippen LogP contribution in [-0.4, -0.2) is 45.8 Å². The molecule has 0 aliphatic heterocycles. The van der Waals surface area contributed by atoms with Crippen molar-refractivity contribution in [1.29, 1.82) is 5.26 Å². The van der Waals surface area contributed by atoms with Crippen molar-refractivity contribution in [1.82, 2.24) is 4.90 Å². The quantitative estimate of drug-likeness (QED) is 0.791. The zero-order valence-electron chi connectivity index (χ0n) is 11.0. The van der Waals surface area contributed by atoms with Crippen molar-refractivity contribution in [2.24, 2.45) is 5.73 Å². The normalized spacial score (nSPS) is 11.5. The molecular formula is C13H19N3O2S. The van der Waals surface area contributed by atoms with Crippen LogP contribution in [0.1, 0.15) is 12.0 Å². The second-order valence-electron chi connectivity index (χ2n) is 4.40. The molecular weight excluding hydrogens is 262 g/mol. The van der Waals surface area contributed by atoms with E-state index in [1.165, 1.54) is 24.3 Å². The molecule has 1 aromatic rings. The Bertz CT molecular complexity index is 532. The van der Waals surface area contributed by atoms with Gasteiger partial charge in [-0.25, -0.2) is 8.42 Å². The number of hydrogen-bond donors (Lipinski definition) is 1. The topological polar surface area (TPSA) is 87.2 Å². The maximum absolute atomic E-state index is 12.1. The van der Waals surface area contributed by atoms with Crippen LogP contribution >= 0.6 is 0 Å². The van der Waals surface area contributed by atoms with Crippen LogP contribution in [0.4, 0.5) is 0 Å². The summed E-state index contributed by atoms with van der Waals surface area (Å²) in [5, 5.41) is 8.67. The fourth-order valence-corrected chi connectivity index (χ4v) is 2.94. The van der Waals surface area contributed by atoms with Crippen molar-refractivity contribution in [3.8, 4) is 6.07 Å². The molecule has 0 spiro atoms. The Kier molecular flexibility index (Phi) is 5.96. The highest BCUT2D eigenvalue weighted by Crippen LogP contribution is 2.12. The van der Waals surface area contributed by atoms with E-state index >= 15 is 0 Å². The molecule has 0 radical (unpaired) electrons. The summed E-state index contributed by atoms with van der Waals surface area (Å²) < 4.78 is 24.2. The van der Waals surface area contributed by atoms with Crippen LogP contribution in [0, 0.1) is 11.3 Å². The zero-order chi connectivity index (χ0) is 14.3. The van der Waals surface area contributed by atoms with Gasteiger partial charge in [0.25, 0.3) is 0 Å². The minimum absolute atomic E-state index is 0.0694. The second-order valence-corrected chi connectivity index (χ2v) is 6.51. The first-order chi connectivity index (χ1) is 8.99. The van der Waals surface area contributed by atoms with E-state index in [9.17, 15) is 8.42 Å². The Morgan fingerprint density at radius 1 is 1.26 bits per heavy atom. The lowest BCUT2D eigenvalue weighted by Gasteiger charge is -2.15. The van der Waals surface area contributed by atoms with E-state index in [0.717, 1.165) is 13.0 Å². The van der Waals surface area contributed by atoms with Crippen molar-refractivity contribution in [3.63, 3.8) is 0 Å². The van der Waals surface area contributed by atoms with Gasteiger partial charge in [-0.15, -0.1) is 0 Å². The fraction of sp³-hybridized carbons (Fsp3) is 0.462. The van der Waals surface area contributed by atoms with Gasteiger partial charge >= 0.3 is 0 Å². The van der Waals surface area contributed by atoms with Crippen LogP contribution in [0.2, 0.25) is 0 Å². The standard InChI is InChI=1S/C13H19N3O2S/c1-16(8-2-7-14)9-10-19(17,18)13-5-3-12(11-15)4-6-13/h3-6H,2,7-10,14H2,1H3. The summed E-state index contributed by atoms with van der Waals surface area (Å²) in [6, 6.07) is 7.96. The molecule has 0 aliphatic carbocycles. The van der Waals surface area contributed by atoms with Crippen molar-refractivity contribution in [3.05, 3.63) is 29.8 Å². The van der Waals surface area contributed by atoms with E-state index in [-0.39, 0.29) is 10.6 Å². The molecule has 0 heterocycles. The predicted octanol–water partition coefficient (Wildman–Crippen LogP) is 0.613. The van der Waals surface area contributed by atoms with Gasteiger partial charge in [0.15, 0.2) is 9.84 Å². The van der Waals surface area contributed by atoms with E-state index in [2.05, 4.69) is 0 Å². The molecule has 19 heavy (non-hydrogen) atoms. The molecule has 0 atom stereocenters. The number of benzene rings is 1. The van der Waals surface area contributed by atoms with Crippen molar-refractivity contribution in [2.75, 3.05) is 32.4 Å². The summed E-state index contributed by atoms with van der Waals surface area (Å²) in [5.41, 5.74) is 5.86. The summed E-state index contributed by atoms with van der Waals surface area (Å²) in [6.45, 7) is 1.87. The third kappa shape index (κ3) is 4.99. The van der Waals surface area contributed by atoms with E-state index in [1.807, 2.05) is 18.0 Å². The first-order valence-electron chi connectivity index (χ1n) is 6.11. The van der Waals surface area contributed by atoms with Gasteiger partial charge in [-0.2, -0.15) is 5.26 Å². The van der Waals surface area contributed by atoms with Crippen LogP contribution in [0.25, 0.3) is 0 Å². The molecule has 1 aromatic carbocycles. The van der Waals surface area contributed by atoms with Gasteiger partial charge in [-0.3, -0.25) is 0 Å². The molecule has 0 saturated carbocycles. The molecule has 2 N–H and O–H groups in total. The average Bonchev–Trinajstić information content (AvgIpc) is 2.43. The van der Waals surface area contributed by atoms with Gasteiger partial charge in [0.2, 0.25) is 0 Å². The summed E-state index contributed by atoms with van der Waals surface area (Å²) in [7, 11) is -1.41. The van der Waals surface area contributed by atoms with Crippen LogP contribution in [0.3, 0.4) is 0 Å². The minimum atomic E-state index is -3.29. The minimum Gasteiger partial charge on any atom is -0.330 e. The van der Waals surface area contributed by atoms with Crippen molar-refractivity contribution >= 4 is 9.84 Å². The summed E-state index contributed by atoms with van der Waals surface area (Å²) >= 11 is 0. The van der Waals surface area contributed by atoms with Gasteiger partial charge in [0.1, 0.15) is 0 Å². The van der Waals surface area contributed by atoms with E-state index in [4.69, 9.17) is 11.0 Å². The Balaban J connectivity index is 2.63. The summed E-state index contributed by atoms with van der Waals surface area (Å²) in [4.78, 5) is 2.22. The van der Waals surface area contributed by atoms with Crippen LogP contribution < -0.4 is 5.73 Å². The van der Waals surface area contributed by atoms with Crippen LogP contribution in [0.15, 0.2) is 29.2 Å². The van der Waals surface area contributed by atoms with Crippen molar-refractivity contribution in [2.45, 2.75) is 11.3 Å². The average molecular weight is 281 g/mol. The van der Waals surface area contributed by atoms with Gasteiger partial charge in [-0.1, -0.05) is 0 Å². The number of rotatable bonds is 7. The Morgan fingerprint density at radius 2 is 1.89 bits per heavy atom. The highest BCUT2D eigenvalue weighted by Gasteiger charge is 2.15. The Labute approximate surface area is 114 Å². The molecule has 0 bridgehead atoms. The first-order valence-corrected chi connectivity index (χ1v) is 7.76. The lowest BCUT2D eigenvalue weighted by molar-refractivity contribution is 0.350. The number of hydrogen-bond acceptors (Lipinski definition) is 5. The molecule has 0 saturated heterocycles. The van der Waals surface area contributed by atoms with E-state index < -0.39 is 9.84 Å². The lowest BCUT2D eigenvalue weighted by Crippen LogP contribution is -2.27. The van der Waals surface area contributed by atoms with Gasteiger partial charge in [-0.05, 0) is 50.8 Å². The zero-order valence-corrected chi connectivity index (χ0v) is 11.9. The molecule has 0 fully saturated rings. The third-order valence-electron chi connectivity index (χ3n) is 2.83. The van der Waals surface area contributed by atoms with Crippen LogP contribution in [-0.2, 0) is 9.84 Å². The largest absolute Gasteiger partial charge is 0.330 e. The molecule has 0 unspecified atom stereocenters. The summed E-state index contributed by atoms with van der Waals surface area (Å²) in [5.74, 6) is 0.0694. The van der Waals surface area contributed by atoms with Crippen molar-refractivity contribution < 1.29 is 8.42 Å².